The molecule has 12 rings (SSSR count). The first-order valence-electron chi connectivity index (χ1n) is 21.3. The fourth-order valence-corrected chi connectivity index (χ4v) is 9.28. The third kappa shape index (κ3) is 6.14. The first-order chi connectivity index (χ1) is 31.7. The van der Waals surface area contributed by atoms with Crippen molar-refractivity contribution in [2.24, 2.45) is 0 Å². The van der Waals surface area contributed by atoms with E-state index in [9.17, 15) is 5.26 Å². The van der Waals surface area contributed by atoms with Gasteiger partial charge in [-0.05, 0) is 64.7 Å². The van der Waals surface area contributed by atoms with E-state index in [-0.39, 0.29) is 0 Å². The molecule has 6 heteroatoms. The predicted octanol–water partition coefficient (Wildman–Crippen LogP) is 14.3. The zero-order valence-electron chi connectivity index (χ0n) is 34.5. The molecule has 0 atom stereocenters. The number of benzene rings is 9. The van der Waals surface area contributed by atoms with E-state index in [4.69, 9.17) is 15.0 Å². The Hall–Kier alpha value is -8.92. The lowest BCUT2D eigenvalue weighted by Gasteiger charge is -2.17. The van der Waals surface area contributed by atoms with Gasteiger partial charge in [-0.3, -0.25) is 4.57 Å². The van der Waals surface area contributed by atoms with Crippen molar-refractivity contribution in [3.8, 4) is 73.9 Å². The fourth-order valence-electron chi connectivity index (χ4n) is 9.28. The van der Waals surface area contributed by atoms with E-state index in [0.29, 0.717) is 23.2 Å². The van der Waals surface area contributed by atoms with Crippen LogP contribution in [-0.4, -0.2) is 24.1 Å². The Morgan fingerprint density at radius 3 is 1.47 bits per heavy atom. The van der Waals surface area contributed by atoms with Crippen LogP contribution in [0.1, 0.15) is 5.56 Å². The van der Waals surface area contributed by atoms with Crippen molar-refractivity contribution in [2.45, 2.75) is 0 Å². The van der Waals surface area contributed by atoms with E-state index in [2.05, 4.69) is 179 Å². The van der Waals surface area contributed by atoms with Crippen LogP contribution in [0.4, 0.5) is 0 Å². The average molecular weight is 817 g/mol. The van der Waals surface area contributed by atoms with E-state index >= 15 is 0 Å². The van der Waals surface area contributed by atoms with E-state index in [1.807, 2.05) is 54.6 Å². The number of hydrogen-bond donors (Lipinski definition) is 0. The number of nitrogens with zero attached hydrogens (tertiary/aromatic N) is 6. The average Bonchev–Trinajstić information content (AvgIpc) is 3.90. The largest absolute Gasteiger partial charge is 0.309 e. The molecule has 6 nitrogen and oxygen atoms in total. The van der Waals surface area contributed by atoms with E-state index in [1.54, 1.807) is 0 Å². The highest BCUT2D eigenvalue weighted by atomic mass is 15.2. The van der Waals surface area contributed by atoms with E-state index < -0.39 is 0 Å². The molecule has 0 aliphatic heterocycles. The Morgan fingerprint density at radius 2 is 0.812 bits per heavy atom. The summed E-state index contributed by atoms with van der Waals surface area (Å²) in [5, 5.41) is 14.4. The van der Waals surface area contributed by atoms with Crippen molar-refractivity contribution in [3.05, 3.63) is 224 Å². The van der Waals surface area contributed by atoms with Crippen LogP contribution in [0.2, 0.25) is 0 Å². The van der Waals surface area contributed by atoms with Gasteiger partial charge in [-0.2, -0.15) is 15.2 Å². The van der Waals surface area contributed by atoms with Crippen molar-refractivity contribution in [3.63, 3.8) is 0 Å². The second-order valence-electron chi connectivity index (χ2n) is 15.9. The Balaban J connectivity index is 1.06. The molecule has 0 N–H and O–H groups in total. The third-order valence-corrected chi connectivity index (χ3v) is 12.2. The summed E-state index contributed by atoms with van der Waals surface area (Å²) in [7, 11) is 0. The molecule has 0 fully saturated rings. The molecule has 0 spiro atoms. The van der Waals surface area contributed by atoms with Crippen LogP contribution in [0.3, 0.4) is 0 Å². The quantitative estimate of drug-likeness (QED) is 0.161. The zero-order chi connectivity index (χ0) is 42.6. The van der Waals surface area contributed by atoms with E-state index in [1.165, 1.54) is 10.8 Å². The Bertz CT molecular complexity index is 3730. The summed E-state index contributed by atoms with van der Waals surface area (Å²) in [6.07, 6.45) is 0. The fraction of sp³-hybridized carbons (Fsp3) is 0. The summed E-state index contributed by atoms with van der Waals surface area (Å²) in [4.78, 5) is 15.7. The number of nitriles is 1. The van der Waals surface area contributed by atoms with Crippen LogP contribution in [0.25, 0.3) is 111 Å². The number of fused-ring (bicyclic) bond motifs is 6. The normalized spacial score (nSPS) is 11.4. The maximum atomic E-state index is 9.77. The second-order valence-corrected chi connectivity index (χ2v) is 15.9. The molecule has 0 amide bonds. The monoisotopic (exact) mass is 816 g/mol. The summed E-state index contributed by atoms with van der Waals surface area (Å²) in [6, 6.07) is 78.0. The molecule has 64 heavy (non-hydrogen) atoms. The maximum Gasteiger partial charge on any atom is 0.238 e. The van der Waals surface area contributed by atoms with Crippen LogP contribution in [0.5, 0.6) is 0 Å². The second kappa shape index (κ2) is 15.2. The minimum absolute atomic E-state index is 0.545. The summed E-state index contributed by atoms with van der Waals surface area (Å²) >= 11 is 0. The SMILES string of the molecule is N#Cc1cccc(-c2ccc(-n3c4ccccc4c4ccccc43)c(-c3ccc(-c4nc(-c5ccccc5)nc(-n5c6ccccc6c6cccc(-c7ccccc7)c65)n4)cc3)c2)c1. The minimum atomic E-state index is 0.545. The predicted molar refractivity (Wildman–Crippen MR) is 260 cm³/mol. The lowest BCUT2D eigenvalue weighted by Crippen LogP contribution is -2.07. The van der Waals surface area contributed by atoms with Crippen LogP contribution >= 0.6 is 0 Å². The molecule has 3 heterocycles. The molecule has 0 bridgehead atoms. The van der Waals surface area contributed by atoms with Gasteiger partial charge in [0.1, 0.15) is 0 Å². The van der Waals surface area contributed by atoms with Crippen molar-refractivity contribution < 1.29 is 0 Å². The summed E-state index contributed by atoms with van der Waals surface area (Å²) in [6.45, 7) is 0. The zero-order valence-corrected chi connectivity index (χ0v) is 34.5. The molecule has 0 aliphatic carbocycles. The number of para-hydroxylation sites is 4. The topological polar surface area (TPSA) is 72.3 Å². The standard InChI is InChI=1S/C58H36N6/c59-37-38-15-13-20-43(35-38)44-33-34-54(63-51-26-10-7-21-46(51)47-22-8-11-27-52(47)63)50(36-44)40-29-31-42(32-30-40)57-60-56(41-18-5-2-6-19-41)61-58(62-57)64-53-28-12-9-23-48(53)49-25-14-24-45(55(49)64)39-16-3-1-4-17-39/h1-36H. The summed E-state index contributed by atoms with van der Waals surface area (Å²) in [5.74, 6) is 1.71. The maximum absolute atomic E-state index is 9.77. The molecule has 298 valence electrons. The van der Waals surface area contributed by atoms with Gasteiger partial charge in [0.25, 0.3) is 0 Å². The summed E-state index contributed by atoms with van der Waals surface area (Å²) in [5.41, 5.74) is 14.1. The van der Waals surface area contributed by atoms with E-state index in [0.717, 1.165) is 83.0 Å². The first kappa shape index (κ1) is 36.9. The van der Waals surface area contributed by atoms with Crippen LogP contribution in [0, 0.1) is 11.3 Å². The molecule has 9 aromatic carbocycles. The van der Waals surface area contributed by atoms with Gasteiger partial charge >= 0.3 is 0 Å². The summed E-state index contributed by atoms with van der Waals surface area (Å²) < 4.78 is 4.56. The Labute approximate surface area is 369 Å². The molecular weight excluding hydrogens is 781 g/mol. The third-order valence-electron chi connectivity index (χ3n) is 12.2. The lowest BCUT2D eigenvalue weighted by atomic mass is 9.95. The van der Waals surface area contributed by atoms with Gasteiger partial charge in [-0.25, -0.2) is 4.98 Å². The van der Waals surface area contributed by atoms with Gasteiger partial charge < -0.3 is 4.57 Å². The van der Waals surface area contributed by atoms with Crippen molar-refractivity contribution in [2.75, 3.05) is 0 Å². The number of aromatic nitrogens is 5. The molecule has 0 unspecified atom stereocenters. The highest BCUT2D eigenvalue weighted by Crippen LogP contribution is 2.40. The molecule has 3 aromatic heterocycles. The molecule has 0 saturated carbocycles. The molecule has 0 aliphatic rings. The van der Waals surface area contributed by atoms with Crippen molar-refractivity contribution in [1.82, 2.24) is 24.1 Å². The Kier molecular flexibility index (Phi) is 8.77. The highest BCUT2D eigenvalue weighted by Gasteiger charge is 2.21. The lowest BCUT2D eigenvalue weighted by molar-refractivity contribution is 0.954. The van der Waals surface area contributed by atoms with Gasteiger partial charge in [-0.1, -0.05) is 176 Å². The van der Waals surface area contributed by atoms with Crippen molar-refractivity contribution >= 4 is 43.6 Å². The van der Waals surface area contributed by atoms with Crippen molar-refractivity contribution in [1.29, 1.82) is 5.26 Å². The van der Waals surface area contributed by atoms with Gasteiger partial charge in [0.15, 0.2) is 11.6 Å². The number of hydrogen-bond acceptors (Lipinski definition) is 4. The number of rotatable bonds is 7. The van der Waals surface area contributed by atoms with Gasteiger partial charge in [0.05, 0.1) is 39.4 Å². The van der Waals surface area contributed by atoms with Crippen LogP contribution in [-0.2, 0) is 0 Å². The van der Waals surface area contributed by atoms with Gasteiger partial charge in [-0.15, -0.1) is 0 Å². The molecular formula is C58H36N6. The van der Waals surface area contributed by atoms with Gasteiger partial charge in [0, 0.05) is 43.8 Å². The minimum Gasteiger partial charge on any atom is -0.309 e. The highest BCUT2D eigenvalue weighted by molar-refractivity contribution is 6.14. The Morgan fingerprint density at radius 1 is 0.344 bits per heavy atom. The van der Waals surface area contributed by atoms with Crippen LogP contribution < -0.4 is 0 Å². The smallest absolute Gasteiger partial charge is 0.238 e. The van der Waals surface area contributed by atoms with Crippen LogP contribution in [0.15, 0.2) is 218 Å². The molecule has 0 radical (unpaired) electrons. The molecule has 12 aromatic rings. The molecule has 0 saturated heterocycles. The first-order valence-corrected chi connectivity index (χ1v) is 21.3. The van der Waals surface area contributed by atoms with Gasteiger partial charge in [0.2, 0.25) is 5.95 Å².